The fraction of sp³-hybridized carbons (Fsp3) is 0.174. The van der Waals surface area contributed by atoms with E-state index in [1.54, 1.807) is 24.3 Å². The zero-order chi connectivity index (χ0) is 22.3. The predicted octanol–water partition coefficient (Wildman–Crippen LogP) is 4.08. The van der Waals surface area contributed by atoms with Crippen LogP contribution in [-0.2, 0) is 21.2 Å². The van der Waals surface area contributed by atoms with Crippen LogP contribution in [0.4, 0.5) is 11.4 Å². The summed E-state index contributed by atoms with van der Waals surface area (Å²) in [6.45, 7) is 1.92. The Morgan fingerprint density at radius 1 is 0.839 bits per heavy atom. The third-order valence-corrected chi connectivity index (χ3v) is 5.89. The van der Waals surface area contributed by atoms with Gasteiger partial charge in [-0.2, -0.15) is 0 Å². The molecule has 0 atom stereocenters. The van der Waals surface area contributed by atoms with E-state index in [1.807, 2.05) is 24.3 Å². The Labute approximate surface area is 182 Å². The molecule has 0 saturated carbocycles. The first kappa shape index (κ1) is 22.2. The smallest absolute Gasteiger partial charge is 0.262 e. The lowest BCUT2D eigenvalue weighted by molar-refractivity contribution is -0.118. The van der Waals surface area contributed by atoms with Gasteiger partial charge in [0.1, 0.15) is 11.5 Å². The van der Waals surface area contributed by atoms with E-state index in [-0.39, 0.29) is 17.4 Å². The number of carbonyl (C=O) groups excluding carboxylic acids is 1. The van der Waals surface area contributed by atoms with E-state index in [1.165, 1.54) is 36.9 Å². The number of carbonyl (C=O) groups is 1. The standard InChI is InChI=1S/C23H24N2O5S/c1-3-17-4-10-21(11-5-17)30-16-23(26)24-18-8-14-22(15-9-18)31(27,28)25-19-6-12-20(29-2)13-7-19/h4-15,25H,3,16H2,1-2H3,(H,24,26). The predicted molar refractivity (Wildman–Crippen MR) is 120 cm³/mol. The molecule has 0 saturated heterocycles. The number of amides is 1. The second-order valence-corrected chi connectivity index (χ2v) is 8.38. The second kappa shape index (κ2) is 9.99. The van der Waals surface area contributed by atoms with Crippen LogP contribution < -0.4 is 19.5 Å². The van der Waals surface area contributed by atoms with Crippen molar-refractivity contribution in [2.45, 2.75) is 18.2 Å². The van der Waals surface area contributed by atoms with Crippen molar-refractivity contribution in [2.75, 3.05) is 23.8 Å². The molecule has 7 nitrogen and oxygen atoms in total. The molecule has 0 aliphatic heterocycles. The molecule has 0 aromatic heterocycles. The highest BCUT2D eigenvalue weighted by atomic mass is 32.2. The summed E-state index contributed by atoms with van der Waals surface area (Å²) in [5, 5.41) is 2.68. The zero-order valence-electron chi connectivity index (χ0n) is 17.3. The van der Waals surface area contributed by atoms with Crippen LogP contribution in [-0.4, -0.2) is 28.0 Å². The van der Waals surface area contributed by atoms with Crippen molar-refractivity contribution in [1.29, 1.82) is 0 Å². The molecule has 3 aromatic carbocycles. The Bertz CT molecular complexity index is 1110. The molecule has 0 bridgehead atoms. The maximum Gasteiger partial charge on any atom is 0.262 e. The molecule has 8 heteroatoms. The van der Waals surface area contributed by atoms with E-state index in [0.29, 0.717) is 22.9 Å². The molecular formula is C23H24N2O5S. The molecule has 3 rings (SSSR count). The topological polar surface area (TPSA) is 93.7 Å². The van der Waals surface area contributed by atoms with Gasteiger partial charge in [0.05, 0.1) is 12.0 Å². The highest BCUT2D eigenvalue weighted by Gasteiger charge is 2.14. The van der Waals surface area contributed by atoms with Gasteiger partial charge < -0.3 is 14.8 Å². The minimum absolute atomic E-state index is 0.0774. The van der Waals surface area contributed by atoms with E-state index in [4.69, 9.17) is 9.47 Å². The minimum atomic E-state index is -3.76. The van der Waals surface area contributed by atoms with Gasteiger partial charge in [0.2, 0.25) is 0 Å². The van der Waals surface area contributed by atoms with Crippen molar-refractivity contribution in [2.24, 2.45) is 0 Å². The number of nitrogens with one attached hydrogen (secondary N) is 2. The van der Waals surface area contributed by atoms with Gasteiger partial charge in [-0.3, -0.25) is 9.52 Å². The van der Waals surface area contributed by atoms with Crippen molar-refractivity contribution in [1.82, 2.24) is 0 Å². The summed E-state index contributed by atoms with van der Waals surface area (Å²) in [6.07, 6.45) is 0.933. The van der Waals surface area contributed by atoms with Crippen LogP contribution >= 0.6 is 0 Å². The van der Waals surface area contributed by atoms with Crippen LogP contribution in [0.5, 0.6) is 11.5 Å². The van der Waals surface area contributed by atoms with Gasteiger partial charge in [0, 0.05) is 11.4 Å². The number of anilines is 2. The van der Waals surface area contributed by atoms with Gasteiger partial charge in [0.25, 0.3) is 15.9 Å². The van der Waals surface area contributed by atoms with Crippen LogP contribution in [0, 0.1) is 0 Å². The molecular weight excluding hydrogens is 416 g/mol. The molecule has 0 aliphatic rings. The summed E-state index contributed by atoms with van der Waals surface area (Å²) >= 11 is 0. The molecule has 0 unspecified atom stereocenters. The Kier molecular flexibility index (Phi) is 7.15. The summed E-state index contributed by atoms with van der Waals surface area (Å²) in [5.74, 6) is 0.898. The first-order valence-corrected chi connectivity index (χ1v) is 11.2. The van der Waals surface area contributed by atoms with Gasteiger partial charge >= 0.3 is 0 Å². The highest BCUT2D eigenvalue weighted by molar-refractivity contribution is 7.92. The number of rotatable bonds is 9. The number of aryl methyl sites for hydroxylation is 1. The molecule has 0 radical (unpaired) electrons. The van der Waals surface area contributed by atoms with E-state index in [2.05, 4.69) is 17.0 Å². The average Bonchev–Trinajstić information content (AvgIpc) is 2.78. The largest absolute Gasteiger partial charge is 0.497 e. The summed E-state index contributed by atoms with van der Waals surface area (Å²) < 4.78 is 38.1. The number of sulfonamides is 1. The monoisotopic (exact) mass is 440 g/mol. The molecule has 0 spiro atoms. The lowest BCUT2D eigenvalue weighted by atomic mass is 10.2. The number of benzene rings is 3. The Balaban J connectivity index is 1.56. The molecule has 31 heavy (non-hydrogen) atoms. The third-order valence-electron chi connectivity index (χ3n) is 4.49. The van der Waals surface area contributed by atoms with E-state index >= 15 is 0 Å². The normalized spacial score (nSPS) is 10.9. The SMILES string of the molecule is CCc1ccc(OCC(=O)Nc2ccc(S(=O)(=O)Nc3ccc(OC)cc3)cc2)cc1. The molecule has 0 fully saturated rings. The summed E-state index contributed by atoms with van der Waals surface area (Å²) in [4.78, 5) is 12.2. The molecule has 2 N–H and O–H groups in total. The fourth-order valence-electron chi connectivity index (χ4n) is 2.76. The quantitative estimate of drug-likeness (QED) is 0.523. The van der Waals surface area contributed by atoms with Crippen LogP contribution in [0.15, 0.2) is 77.7 Å². The molecule has 162 valence electrons. The molecule has 0 heterocycles. The number of hydrogen-bond acceptors (Lipinski definition) is 5. The van der Waals surface area contributed by atoms with Gasteiger partial charge in [0.15, 0.2) is 6.61 Å². The number of hydrogen-bond donors (Lipinski definition) is 2. The average molecular weight is 441 g/mol. The van der Waals surface area contributed by atoms with Gasteiger partial charge in [-0.1, -0.05) is 19.1 Å². The van der Waals surface area contributed by atoms with Gasteiger partial charge in [-0.05, 0) is 72.6 Å². The fourth-order valence-corrected chi connectivity index (χ4v) is 3.82. The van der Waals surface area contributed by atoms with E-state index in [0.717, 1.165) is 6.42 Å². The Hall–Kier alpha value is -3.52. The second-order valence-electron chi connectivity index (χ2n) is 6.69. The van der Waals surface area contributed by atoms with Crippen LogP contribution in [0.25, 0.3) is 0 Å². The van der Waals surface area contributed by atoms with Crippen molar-refractivity contribution in [3.8, 4) is 11.5 Å². The Morgan fingerprint density at radius 2 is 1.42 bits per heavy atom. The van der Waals surface area contributed by atoms with Crippen molar-refractivity contribution in [3.05, 3.63) is 78.4 Å². The van der Waals surface area contributed by atoms with Crippen molar-refractivity contribution in [3.63, 3.8) is 0 Å². The van der Waals surface area contributed by atoms with Crippen molar-refractivity contribution >= 4 is 27.3 Å². The first-order valence-electron chi connectivity index (χ1n) is 9.68. The first-order chi connectivity index (χ1) is 14.9. The summed E-state index contributed by atoms with van der Waals surface area (Å²) in [6, 6.07) is 20.0. The van der Waals surface area contributed by atoms with Crippen LogP contribution in [0.2, 0.25) is 0 Å². The number of methoxy groups -OCH3 is 1. The third kappa shape index (κ3) is 6.23. The lowest BCUT2D eigenvalue weighted by Gasteiger charge is -2.10. The highest BCUT2D eigenvalue weighted by Crippen LogP contribution is 2.20. The molecule has 3 aromatic rings. The number of ether oxygens (including phenoxy) is 2. The zero-order valence-corrected chi connectivity index (χ0v) is 18.1. The maximum absolute atomic E-state index is 12.5. The summed E-state index contributed by atoms with van der Waals surface area (Å²) in [5.41, 5.74) is 2.08. The van der Waals surface area contributed by atoms with E-state index in [9.17, 15) is 13.2 Å². The molecule has 1 amide bonds. The van der Waals surface area contributed by atoms with Gasteiger partial charge in [-0.25, -0.2) is 8.42 Å². The van der Waals surface area contributed by atoms with Gasteiger partial charge in [-0.15, -0.1) is 0 Å². The van der Waals surface area contributed by atoms with E-state index < -0.39 is 10.0 Å². The maximum atomic E-state index is 12.5. The summed E-state index contributed by atoms with van der Waals surface area (Å²) in [7, 11) is -2.22. The van der Waals surface area contributed by atoms with Crippen molar-refractivity contribution < 1.29 is 22.7 Å². The molecule has 0 aliphatic carbocycles. The minimum Gasteiger partial charge on any atom is -0.497 e. The van der Waals surface area contributed by atoms with Crippen LogP contribution in [0.3, 0.4) is 0 Å². The van der Waals surface area contributed by atoms with Crippen LogP contribution in [0.1, 0.15) is 12.5 Å². The lowest BCUT2D eigenvalue weighted by Crippen LogP contribution is -2.20. The Morgan fingerprint density at radius 3 is 2.00 bits per heavy atom.